The molecule has 11 heteroatoms. The standard InChI is InChI=1S/C21H29N9OS/c22-20(23)29-11-7-27(8-12-29)16-3-1-15(2-4-16)26-19(31)17-5-6-18(32-17)28-9-13-30(14-10-28)21(24)25/h1-6H,7-14H2,(H3,22,23)(H3,24,25)(H,26,31). The number of benzene rings is 1. The van der Waals surface area contributed by atoms with Gasteiger partial charge in [-0.15, -0.1) is 11.3 Å². The molecule has 0 unspecified atom stereocenters. The Hall–Kier alpha value is -3.47. The van der Waals surface area contributed by atoms with E-state index in [1.807, 2.05) is 46.2 Å². The second-order valence-corrected chi connectivity index (χ2v) is 8.92. The molecule has 2 fully saturated rings. The van der Waals surface area contributed by atoms with Gasteiger partial charge in [-0.3, -0.25) is 15.6 Å². The van der Waals surface area contributed by atoms with Gasteiger partial charge in [-0.25, -0.2) is 0 Å². The number of hydrogen-bond acceptors (Lipinski definition) is 6. The van der Waals surface area contributed by atoms with Gasteiger partial charge in [0, 0.05) is 63.7 Å². The number of amides is 1. The minimum absolute atomic E-state index is 0.111. The van der Waals surface area contributed by atoms with Gasteiger partial charge in [-0.05, 0) is 36.4 Å². The van der Waals surface area contributed by atoms with Crippen molar-refractivity contribution < 1.29 is 4.79 Å². The fraction of sp³-hybridized carbons (Fsp3) is 0.381. The zero-order valence-corrected chi connectivity index (χ0v) is 18.7. The van der Waals surface area contributed by atoms with Crippen LogP contribution in [0.15, 0.2) is 36.4 Å². The summed E-state index contributed by atoms with van der Waals surface area (Å²) in [5, 5.41) is 19.1. The third kappa shape index (κ3) is 4.88. The summed E-state index contributed by atoms with van der Waals surface area (Å²) < 4.78 is 0. The summed E-state index contributed by atoms with van der Waals surface area (Å²) in [4.78, 5) is 21.6. The molecule has 4 rings (SSSR count). The number of nitrogens with one attached hydrogen (secondary N) is 3. The van der Waals surface area contributed by atoms with Gasteiger partial charge in [0.25, 0.3) is 5.91 Å². The monoisotopic (exact) mass is 455 g/mol. The summed E-state index contributed by atoms with van der Waals surface area (Å²) in [6.45, 7) is 6.08. The van der Waals surface area contributed by atoms with E-state index in [1.165, 1.54) is 11.3 Å². The second-order valence-electron chi connectivity index (χ2n) is 7.86. The van der Waals surface area contributed by atoms with Gasteiger partial charge < -0.3 is 36.4 Å². The van der Waals surface area contributed by atoms with E-state index in [4.69, 9.17) is 22.3 Å². The van der Waals surface area contributed by atoms with Gasteiger partial charge in [0.15, 0.2) is 11.9 Å². The quantitative estimate of drug-likeness (QED) is 0.342. The van der Waals surface area contributed by atoms with E-state index in [2.05, 4.69) is 15.1 Å². The van der Waals surface area contributed by atoms with E-state index in [9.17, 15) is 4.79 Å². The smallest absolute Gasteiger partial charge is 0.265 e. The molecule has 0 atom stereocenters. The Morgan fingerprint density at radius 1 is 0.781 bits per heavy atom. The van der Waals surface area contributed by atoms with Crippen molar-refractivity contribution in [2.75, 3.05) is 67.5 Å². The number of nitrogens with two attached hydrogens (primary N) is 2. The predicted molar refractivity (Wildman–Crippen MR) is 130 cm³/mol. The minimum Gasteiger partial charge on any atom is -0.370 e. The van der Waals surface area contributed by atoms with Crippen molar-refractivity contribution in [3.8, 4) is 0 Å². The lowest BCUT2D eigenvalue weighted by Gasteiger charge is -2.36. The van der Waals surface area contributed by atoms with E-state index in [-0.39, 0.29) is 17.8 Å². The van der Waals surface area contributed by atoms with Gasteiger partial charge >= 0.3 is 0 Å². The van der Waals surface area contributed by atoms with Gasteiger partial charge in [-0.1, -0.05) is 0 Å². The Bertz CT molecular complexity index is 973. The summed E-state index contributed by atoms with van der Waals surface area (Å²) >= 11 is 1.47. The normalized spacial score (nSPS) is 16.8. The first-order valence-corrected chi connectivity index (χ1v) is 11.4. The maximum Gasteiger partial charge on any atom is 0.265 e. The van der Waals surface area contributed by atoms with Gasteiger partial charge in [0.1, 0.15) is 0 Å². The Kier molecular flexibility index (Phi) is 6.35. The van der Waals surface area contributed by atoms with E-state index >= 15 is 0 Å². The molecule has 3 heterocycles. The Morgan fingerprint density at radius 3 is 1.84 bits per heavy atom. The van der Waals surface area contributed by atoms with Crippen LogP contribution < -0.4 is 26.6 Å². The molecular formula is C21H29N9OS. The lowest BCUT2D eigenvalue weighted by Crippen LogP contribution is -2.50. The highest BCUT2D eigenvalue weighted by molar-refractivity contribution is 7.18. The van der Waals surface area contributed by atoms with Crippen LogP contribution in [0.1, 0.15) is 9.67 Å². The van der Waals surface area contributed by atoms with Gasteiger partial charge in [0.2, 0.25) is 0 Å². The topological polar surface area (TPSA) is 142 Å². The number of carbonyl (C=O) groups excluding carboxylic acids is 1. The summed E-state index contributed by atoms with van der Waals surface area (Å²) in [6, 6.07) is 11.7. The molecular weight excluding hydrogens is 426 g/mol. The van der Waals surface area contributed by atoms with Crippen LogP contribution in [-0.2, 0) is 0 Å². The Balaban J connectivity index is 1.31. The molecule has 170 valence electrons. The molecule has 2 aliphatic rings. The van der Waals surface area contributed by atoms with Crippen molar-refractivity contribution in [2.45, 2.75) is 0 Å². The summed E-state index contributed by atoms with van der Waals surface area (Å²) in [6.07, 6.45) is 0. The van der Waals surface area contributed by atoms with Crippen LogP contribution in [0.4, 0.5) is 16.4 Å². The van der Waals surface area contributed by atoms with E-state index in [1.54, 1.807) is 0 Å². The van der Waals surface area contributed by atoms with E-state index < -0.39 is 0 Å². The molecule has 7 N–H and O–H groups in total. The summed E-state index contributed by atoms with van der Waals surface area (Å²) in [5.41, 5.74) is 13.0. The fourth-order valence-corrected chi connectivity index (χ4v) is 4.89. The number of carbonyl (C=O) groups is 1. The van der Waals surface area contributed by atoms with Crippen molar-refractivity contribution in [1.29, 1.82) is 10.8 Å². The molecule has 1 amide bonds. The molecule has 2 saturated heterocycles. The van der Waals surface area contributed by atoms with Gasteiger partial charge in [-0.2, -0.15) is 0 Å². The van der Waals surface area contributed by atoms with Crippen molar-refractivity contribution in [1.82, 2.24) is 9.80 Å². The third-order valence-electron chi connectivity index (χ3n) is 5.86. The summed E-state index contributed by atoms with van der Waals surface area (Å²) in [7, 11) is 0. The van der Waals surface area contributed by atoms with Crippen LogP contribution in [0.2, 0.25) is 0 Å². The van der Waals surface area contributed by atoms with Crippen molar-refractivity contribution in [3.63, 3.8) is 0 Å². The molecule has 10 nitrogen and oxygen atoms in total. The first kappa shape index (κ1) is 21.8. The highest BCUT2D eigenvalue weighted by Gasteiger charge is 2.21. The first-order chi connectivity index (χ1) is 15.4. The van der Waals surface area contributed by atoms with Crippen LogP contribution in [0.3, 0.4) is 0 Å². The van der Waals surface area contributed by atoms with Crippen molar-refractivity contribution in [2.24, 2.45) is 11.5 Å². The maximum absolute atomic E-state index is 12.7. The molecule has 1 aromatic heterocycles. The number of hydrogen-bond donors (Lipinski definition) is 5. The van der Waals surface area contributed by atoms with Crippen molar-refractivity contribution in [3.05, 3.63) is 41.3 Å². The summed E-state index contributed by atoms with van der Waals surface area (Å²) in [5.74, 6) is 0.115. The van der Waals surface area contributed by atoms with E-state index in [0.29, 0.717) is 18.0 Å². The molecule has 0 spiro atoms. The maximum atomic E-state index is 12.7. The van der Waals surface area contributed by atoms with Crippen molar-refractivity contribution >= 4 is 45.5 Å². The number of thiophene rings is 1. The SMILES string of the molecule is N=C(N)N1CCN(c2ccc(NC(=O)c3ccc(N4CCN(C(=N)N)CC4)s3)cc2)CC1. The largest absolute Gasteiger partial charge is 0.370 e. The highest BCUT2D eigenvalue weighted by Crippen LogP contribution is 2.28. The molecule has 2 aliphatic heterocycles. The van der Waals surface area contributed by atoms with Crippen LogP contribution in [0.25, 0.3) is 0 Å². The lowest BCUT2D eigenvalue weighted by atomic mass is 10.2. The number of anilines is 3. The van der Waals surface area contributed by atoms with Gasteiger partial charge in [0.05, 0.1) is 9.88 Å². The predicted octanol–water partition coefficient (Wildman–Crippen LogP) is 1.03. The average molecular weight is 456 g/mol. The molecule has 2 aromatic rings. The second kappa shape index (κ2) is 9.35. The number of guanidine groups is 2. The first-order valence-electron chi connectivity index (χ1n) is 10.6. The van der Waals surface area contributed by atoms with Crippen LogP contribution in [-0.4, -0.2) is 80.0 Å². The molecule has 32 heavy (non-hydrogen) atoms. The Labute approximate surface area is 191 Å². The highest BCUT2D eigenvalue weighted by atomic mass is 32.1. The van der Waals surface area contributed by atoms with Crippen LogP contribution in [0.5, 0.6) is 0 Å². The molecule has 0 radical (unpaired) electrons. The molecule has 0 saturated carbocycles. The number of rotatable bonds is 4. The Morgan fingerprint density at radius 2 is 1.31 bits per heavy atom. The molecule has 1 aromatic carbocycles. The van der Waals surface area contributed by atoms with Crippen LogP contribution >= 0.6 is 11.3 Å². The zero-order chi connectivity index (χ0) is 22.7. The molecule has 0 bridgehead atoms. The zero-order valence-electron chi connectivity index (χ0n) is 17.9. The van der Waals surface area contributed by atoms with Crippen LogP contribution in [0, 0.1) is 10.8 Å². The third-order valence-corrected chi connectivity index (χ3v) is 7.00. The fourth-order valence-electron chi connectivity index (χ4n) is 3.94. The molecule has 0 aliphatic carbocycles. The minimum atomic E-state index is -0.119. The lowest BCUT2D eigenvalue weighted by molar-refractivity contribution is 0.103. The average Bonchev–Trinajstić information content (AvgIpc) is 3.30. The number of piperazine rings is 2. The number of nitrogens with zero attached hydrogens (tertiary/aromatic N) is 4. The van der Waals surface area contributed by atoms with E-state index in [0.717, 1.165) is 55.6 Å².